The predicted octanol–water partition coefficient (Wildman–Crippen LogP) is -1.14. The second-order valence-electron chi connectivity index (χ2n) is 7.45. The third-order valence-corrected chi connectivity index (χ3v) is 6.12. The number of allylic oxidation sites excluding steroid dienone is 4. The number of rotatable bonds is 0. The zero-order valence-corrected chi connectivity index (χ0v) is 15.2. The van der Waals surface area contributed by atoms with Crippen molar-refractivity contribution < 1.29 is 0 Å². The predicted molar refractivity (Wildman–Crippen MR) is 96.0 cm³/mol. The van der Waals surface area contributed by atoms with Crippen molar-refractivity contribution in [3.63, 3.8) is 0 Å². The van der Waals surface area contributed by atoms with Crippen molar-refractivity contribution in [1.29, 1.82) is 0 Å². The summed E-state index contributed by atoms with van der Waals surface area (Å²) in [6.07, 6.45) is 5.91. The maximum absolute atomic E-state index is 12.6. The average molecular weight is 372 g/mol. The van der Waals surface area contributed by atoms with E-state index in [0.717, 1.165) is 20.3 Å². The molecule has 5 rings (SSSR count). The highest BCUT2D eigenvalue weighted by molar-refractivity contribution is 5.27. The third kappa shape index (κ3) is 1.95. The quantitative estimate of drug-likeness (QED) is 0.546. The standard InChI is InChI=1S/C17H20N6O4/c1-18-14(24)20-7-5-10-9-11-6-8-21-15(25)19(2)17(27)23(21)13(11)4-3-12(10)22(20)16(18)26/h5-6,12-13H,3-4,7-9H2,1-2H3/t12-,13-/m1/s1. The fourth-order valence-corrected chi connectivity index (χ4v) is 4.68. The molecule has 0 saturated heterocycles. The molecule has 2 atom stereocenters. The van der Waals surface area contributed by atoms with Crippen LogP contribution in [0.3, 0.4) is 0 Å². The zero-order chi connectivity index (χ0) is 19.0. The van der Waals surface area contributed by atoms with Gasteiger partial charge in [-0.1, -0.05) is 12.2 Å². The van der Waals surface area contributed by atoms with Gasteiger partial charge in [-0.25, -0.2) is 47.0 Å². The van der Waals surface area contributed by atoms with Crippen molar-refractivity contribution in [1.82, 2.24) is 27.9 Å². The molecule has 3 aliphatic rings. The molecule has 4 heterocycles. The van der Waals surface area contributed by atoms with Gasteiger partial charge in [0.05, 0.1) is 25.2 Å². The minimum absolute atomic E-state index is 0.203. The molecular formula is C17H20N6O4. The highest BCUT2D eigenvalue weighted by Crippen LogP contribution is 2.41. The average Bonchev–Trinajstić information content (AvgIpc) is 2.93. The van der Waals surface area contributed by atoms with Crippen molar-refractivity contribution >= 4 is 0 Å². The van der Waals surface area contributed by atoms with Crippen LogP contribution in [0.15, 0.2) is 42.5 Å². The van der Waals surface area contributed by atoms with Gasteiger partial charge in [-0.3, -0.25) is 0 Å². The lowest BCUT2D eigenvalue weighted by Gasteiger charge is -2.26. The Hall–Kier alpha value is -3.04. The summed E-state index contributed by atoms with van der Waals surface area (Å²) in [6.45, 7) is 0.739. The molecule has 0 unspecified atom stereocenters. The molecule has 10 heteroatoms. The van der Waals surface area contributed by atoms with Gasteiger partial charge < -0.3 is 0 Å². The summed E-state index contributed by atoms with van der Waals surface area (Å²) in [5.41, 5.74) is 0.924. The number of hydrogen-bond acceptors (Lipinski definition) is 4. The van der Waals surface area contributed by atoms with E-state index >= 15 is 0 Å². The summed E-state index contributed by atoms with van der Waals surface area (Å²) < 4.78 is 8.32. The molecule has 10 nitrogen and oxygen atoms in total. The van der Waals surface area contributed by atoms with E-state index in [9.17, 15) is 19.2 Å². The third-order valence-electron chi connectivity index (χ3n) is 6.12. The van der Waals surface area contributed by atoms with Crippen LogP contribution in [-0.4, -0.2) is 27.9 Å². The first-order valence-electron chi connectivity index (χ1n) is 9.04. The Balaban J connectivity index is 1.63. The molecule has 1 aliphatic carbocycles. The molecule has 0 N–H and O–H groups in total. The second-order valence-corrected chi connectivity index (χ2v) is 7.45. The summed E-state index contributed by atoms with van der Waals surface area (Å²) in [5.74, 6) is 0. The molecule has 1 fully saturated rings. The first-order valence-corrected chi connectivity index (χ1v) is 9.04. The van der Waals surface area contributed by atoms with Crippen LogP contribution in [-0.2, 0) is 27.2 Å². The molecular weight excluding hydrogens is 352 g/mol. The Kier molecular flexibility index (Phi) is 3.14. The Morgan fingerprint density at radius 1 is 0.704 bits per heavy atom. The Labute approximate surface area is 152 Å². The molecule has 27 heavy (non-hydrogen) atoms. The van der Waals surface area contributed by atoms with E-state index in [-0.39, 0.29) is 34.8 Å². The fraction of sp³-hybridized carbons (Fsp3) is 0.529. The van der Waals surface area contributed by atoms with Crippen LogP contribution in [0.5, 0.6) is 0 Å². The molecule has 0 spiro atoms. The van der Waals surface area contributed by atoms with Crippen LogP contribution >= 0.6 is 0 Å². The maximum atomic E-state index is 12.6. The van der Waals surface area contributed by atoms with Gasteiger partial charge >= 0.3 is 22.8 Å². The molecule has 1 saturated carbocycles. The van der Waals surface area contributed by atoms with Crippen molar-refractivity contribution in [3.8, 4) is 0 Å². The van der Waals surface area contributed by atoms with E-state index in [1.165, 1.54) is 23.5 Å². The lowest BCUT2D eigenvalue weighted by molar-refractivity contribution is 0.330. The monoisotopic (exact) mass is 372 g/mol. The van der Waals surface area contributed by atoms with Crippen LogP contribution in [0, 0.1) is 0 Å². The number of aromatic nitrogens is 6. The van der Waals surface area contributed by atoms with Gasteiger partial charge in [0.15, 0.2) is 0 Å². The molecule has 0 aromatic carbocycles. The minimum atomic E-state index is -0.316. The van der Waals surface area contributed by atoms with Crippen LogP contribution in [0.25, 0.3) is 0 Å². The zero-order valence-electron chi connectivity index (χ0n) is 15.2. The fourth-order valence-electron chi connectivity index (χ4n) is 4.68. The molecule has 0 amide bonds. The lowest BCUT2D eigenvalue weighted by Crippen LogP contribution is -2.34. The lowest BCUT2D eigenvalue weighted by atomic mass is 9.97. The van der Waals surface area contributed by atoms with Crippen molar-refractivity contribution in [3.05, 3.63) is 65.2 Å². The molecule has 0 radical (unpaired) electrons. The highest BCUT2D eigenvalue weighted by atomic mass is 16.2. The summed E-state index contributed by atoms with van der Waals surface area (Å²) in [5, 5.41) is 0. The van der Waals surface area contributed by atoms with E-state index in [2.05, 4.69) is 0 Å². The SMILES string of the molecule is Cn1c(=O)n2n(c1=O)[C@@H]1CC[C@@H]3C(=CCn4c(=O)n(C)c(=O)n43)CC1=CC2. The van der Waals surface area contributed by atoms with E-state index < -0.39 is 0 Å². The highest BCUT2D eigenvalue weighted by Gasteiger charge is 2.36. The molecule has 2 aliphatic heterocycles. The van der Waals surface area contributed by atoms with Crippen LogP contribution in [0.2, 0.25) is 0 Å². The smallest absolute Gasteiger partial charge is 0.246 e. The van der Waals surface area contributed by atoms with Gasteiger partial charge in [-0.15, -0.1) is 0 Å². The first-order chi connectivity index (χ1) is 12.9. The Morgan fingerprint density at radius 2 is 1.11 bits per heavy atom. The van der Waals surface area contributed by atoms with E-state index in [4.69, 9.17) is 0 Å². The van der Waals surface area contributed by atoms with Crippen LogP contribution in [0.1, 0.15) is 31.3 Å². The van der Waals surface area contributed by atoms with E-state index in [0.29, 0.717) is 32.4 Å². The second kappa shape index (κ2) is 5.24. The Bertz CT molecular complexity index is 1170. The molecule has 2 aromatic heterocycles. The number of fused-ring (bicyclic) bond motifs is 6. The van der Waals surface area contributed by atoms with Gasteiger partial charge in [0.1, 0.15) is 0 Å². The first kappa shape index (κ1) is 16.2. The van der Waals surface area contributed by atoms with Crippen LogP contribution < -0.4 is 22.8 Å². The van der Waals surface area contributed by atoms with Gasteiger partial charge in [0.25, 0.3) is 0 Å². The van der Waals surface area contributed by atoms with Crippen molar-refractivity contribution in [2.75, 3.05) is 0 Å². The number of hydrogen-bond donors (Lipinski definition) is 0. The molecule has 0 bridgehead atoms. The van der Waals surface area contributed by atoms with Crippen LogP contribution in [0.4, 0.5) is 0 Å². The Morgan fingerprint density at radius 3 is 1.52 bits per heavy atom. The largest absolute Gasteiger partial charge is 0.347 e. The topological polar surface area (TPSA) is 97.9 Å². The van der Waals surface area contributed by atoms with Gasteiger partial charge in [-0.2, -0.15) is 0 Å². The summed E-state index contributed by atoms with van der Waals surface area (Å²) >= 11 is 0. The summed E-state index contributed by atoms with van der Waals surface area (Å²) in [7, 11) is 2.98. The summed E-state index contributed by atoms with van der Waals surface area (Å²) in [4.78, 5) is 49.7. The van der Waals surface area contributed by atoms with Crippen molar-refractivity contribution in [2.45, 2.75) is 44.4 Å². The van der Waals surface area contributed by atoms with Gasteiger partial charge in [0, 0.05) is 14.1 Å². The van der Waals surface area contributed by atoms with Gasteiger partial charge in [0.2, 0.25) is 0 Å². The maximum Gasteiger partial charge on any atom is 0.347 e. The van der Waals surface area contributed by atoms with Crippen molar-refractivity contribution in [2.24, 2.45) is 14.1 Å². The minimum Gasteiger partial charge on any atom is -0.246 e. The number of nitrogens with zero attached hydrogens (tertiary/aromatic N) is 6. The van der Waals surface area contributed by atoms with Gasteiger partial charge in [-0.05, 0) is 30.4 Å². The van der Waals surface area contributed by atoms with E-state index in [1.807, 2.05) is 12.2 Å². The molecule has 2 aromatic rings. The van der Waals surface area contributed by atoms with E-state index in [1.54, 1.807) is 9.36 Å². The normalized spacial score (nSPS) is 23.5. The molecule has 142 valence electrons. The summed E-state index contributed by atoms with van der Waals surface area (Å²) in [6, 6.07) is -0.405.